The number of nitrogens with one attached hydrogen (secondary N) is 3. The van der Waals surface area contributed by atoms with Crippen molar-refractivity contribution in [3.05, 3.63) is 53.0 Å². The number of amides is 1. The summed E-state index contributed by atoms with van der Waals surface area (Å²) in [6, 6.07) is 7.89. The molecule has 2 aromatic rings. The first-order chi connectivity index (χ1) is 11.2. The lowest BCUT2D eigenvalue weighted by Gasteiger charge is -2.17. The van der Waals surface area contributed by atoms with Crippen LogP contribution in [0.4, 0.5) is 0 Å². The van der Waals surface area contributed by atoms with Gasteiger partial charge in [-0.3, -0.25) is 14.9 Å². The van der Waals surface area contributed by atoms with E-state index in [4.69, 9.17) is 5.73 Å². The first-order valence-electron chi connectivity index (χ1n) is 7.36. The Morgan fingerprint density at radius 3 is 2.96 bits per heavy atom. The Hall–Kier alpha value is -2.93. The molecule has 7 nitrogen and oxygen atoms in total. The Kier molecular flexibility index (Phi) is 3.02. The number of aryl methyl sites for hydroxylation is 1. The first-order valence-corrected chi connectivity index (χ1v) is 7.36. The van der Waals surface area contributed by atoms with Crippen LogP contribution < -0.4 is 16.6 Å². The van der Waals surface area contributed by atoms with Crippen LogP contribution in [0.15, 0.2) is 41.2 Å². The van der Waals surface area contributed by atoms with Gasteiger partial charge in [-0.2, -0.15) is 5.10 Å². The van der Waals surface area contributed by atoms with Crippen molar-refractivity contribution in [1.82, 2.24) is 21.0 Å². The zero-order chi connectivity index (χ0) is 16.0. The van der Waals surface area contributed by atoms with Crippen LogP contribution in [0, 0.1) is 12.8 Å². The summed E-state index contributed by atoms with van der Waals surface area (Å²) in [5, 5.41) is 7.16. The number of primary amides is 1. The Morgan fingerprint density at radius 1 is 1.30 bits per heavy atom. The number of nitrogens with two attached hydrogens (primary N) is 1. The molecule has 2 aliphatic heterocycles. The van der Waals surface area contributed by atoms with Crippen molar-refractivity contribution in [2.75, 3.05) is 0 Å². The Bertz CT molecular complexity index is 850. The highest BCUT2D eigenvalue weighted by Crippen LogP contribution is 2.37. The van der Waals surface area contributed by atoms with Crippen molar-refractivity contribution < 1.29 is 4.79 Å². The molecule has 1 amide bonds. The number of aliphatic imine (C=N–C) groups is 1. The van der Waals surface area contributed by atoms with Gasteiger partial charge < -0.3 is 11.2 Å². The molecule has 1 fully saturated rings. The van der Waals surface area contributed by atoms with E-state index >= 15 is 0 Å². The van der Waals surface area contributed by atoms with Crippen LogP contribution in [-0.4, -0.2) is 22.3 Å². The molecular weight excluding hydrogens is 292 g/mol. The second-order valence-corrected chi connectivity index (χ2v) is 5.68. The van der Waals surface area contributed by atoms with Crippen LogP contribution >= 0.6 is 0 Å². The number of nitrogens with zero attached hydrogens (tertiary/aromatic N) is 2. The van der Waals surface area contributed by atoms with Gasteiger partial charge in [0.1, 0.15) is 5.69 Å². The lowest BCUT2D eigenvalue weighted by molar-refractivity contribution is 0.100. The van der Waals surface area contributed by atoms with Crippen molar-refractivity contribution in [2.24, 2.45) is 16.6 Å². The van der Waals surface area contributed by atoms with Gasteiger partial charge in [0.05, 0.1) is 23.2 Å². The molecule has 7 heteroatoms. The molecule has 2 unspecified atom stereocenters. The first kappa shape index (κ1) is 13.7. The van der Waals surface area contributed by atoms with Crippen molar-refractivity contribution in [3.8, 4) is 11.3 Å². The number of hydrazine groups is 1. The summed E-state index contributed by atoms with van der Waals surface area (Å²) in [5.74, 6) is -0.338. The molecule has 0 bridgehead atoms. The number of carbonyl (C=O) groups is 1. The Labute approximate surface area is 132 Å². The molecule has 0 aliphatic carbocycles. The molecule has 1 saturated heterocycles. The quantitative estimate of drug-likeness (QED) is 0.682. The topological polar surface area (TPSA) is 108 Å². The molecule has 5 N–H and O–H groups in total. The monoisotopic (exact) mass is 308 g/mol. The number of hydrogen-bond donors (Lipinski definition) is 4. The number of carbonyl (C=O) groups excluding carboxylic acids is 1. The van der Waals surface area contributed by atoms with Crippen LogP contribution in [0.5, 0.6) is 0 Å². The SMILES string of the molecule is Cc1[nH]nc(-c2ccccc2C2NNC3=CN=CC32)c1C(N)=O. The summed E-state index contributed by atoms with van der Waals surface area (Å²) < 4.78 is 0. The standard InChI is InChI=1S/C16H16N6O/c1-8-13(16(17)23)15(22-19-8)10-5-3-2-4-9(10)14-11-6-18-7-12(11)20-21-14/h2-7,11,14,20-21H,1H3,(H2,17,23)(H,19,22). The molecule has 23 heavy (non-hydrogen) atoms. The van der Waals surface area contributed by atoms with E-state index in [1.54, 1.807) is 6.92 Å². The normalized spacial score (nSPS) is 21.9. The average molecular weight is 308 g/mol. The molecule has 0 spiro atoms. The predicted molar refractivity (Wildman–Crippen MR) is 86.4 cm³/mol. The van der Waals surface area contributed by atoms with Gasteiger partial charge >= 0.3 is 0 Å². The fourth-order valence-electron chi connectivity index (χ4n) is 3.20. The number of benzene rings is 1. The number of H-pyrrole nitrogens is 1. The molecular formula is C16H16N6O. The number of hydrogen-bond acceptors (Lipinski definition) is 5. The van der Waals surface area contributed by atoms with Crippen LogP contribution in [0.25, 0.3) is 11.3 Å². The van der Waals surface area contributed by atoms with E-state index < -0.39 is 5.91 Å². The minimum absolute atomic E-state index is 0.0152. The van der Waals surface area contributed by atoms with Gasteiger partial charge in [0, 0.05) is 23.7 Å². The molecule has 1 aromatic heterocycles. The number of fused-ring (bicyclic) bond motifs is 1. The van der Waals surface area contributed by atoms with Gasteiger partial charge in [0.15, 0.2) is 0 Å². The van der Waals surface area contributed by atoms with E-state index in [-0.39, 0.29) is 12.0 Å². The largest absolute Gasteiger partial charge is 0.365 e. The fourth-order valence-corrected chi connectivity index (χ4v) is 3.20. The maximum Gasteiger partial charge on any atom is 0.252 e. The highest BCUT2D eigenvalue weighted by molar-refractivity contribution is 6.00. The highest BCUT2D eigenvalue weighted by Gasteiger charge is 2.35. The predicted octanol–water partition coefficient (Wildman–Crippen LogP) is 1.17. The second kappa shape index (κ2) is 5.06. The molecule has 4 rings (SSSR count). The molecule has 0 saturated carbocycles. The second-order valence-electron chi connectivity index (χ2n) is 5.68. The fraction of sp³-hybridized carbons (Fsp3) is 0.188. The summed E-state index contributed by atoms with van der Waals surface area (Å²) in [6.07, 6.45) is 3.72. The van der Waals surface area contributed by atoms with E-state index in [2.05, 4.69) is 26.0 Å². The minimum Gasteiger partial charge on any atom is -0.365 e. The third-order valence-corrected chi connectivity index (χ3v) is 4.30. The van der Waals surface area contributed by atoms with Crippen LogP contribution in [0.2, 0.25) is 0 Å². The third kappa shape index (κ3) is 2.05. The number of aromatic amines is 1. The third-order valence-electron chi connectivity index (χ3n) is 4.30. The molecule has 2 atom stereocenters. The Morgan fingerprint density at radius 2 is 2.13 bits per heavy atom. The molecule has 3 heterocycles. The molecule has 116 valence electrons. The lowest BCUT2D eigenvalue weighted by atomic mass is 9.89. The summed E-state index contributed by atoms with van der Waals surface area (Å²) in [6.45, 7) is 1.79. The van der Waals surface area contributed by atoms with E-state index in [9.17, 15) is 4.79 Å². The molecule has 1 aromatic carbocycles. The van der Waals surface area contributed by atoms with Crippen LogP contribution in [-0.2, 0) is 0 Å². The van der Waals surface area contributed by atoms with E-state index in [0.717, 1.165) is 16.8 Å². The molecule has 0 radical (unpaired) electrons. The van der Waals surface area contributed by atoms with Crippen molar-refractivity contribution in [1.29, 1.82) is 0 Å². The van der Waals surface area contributed by atoms with Gasteiger partial charge in [0.2, 0.25) is 0 Å². The zero-order valence-corrected chi connectivity index (χ0v) is 12.5. The highest BCUT2D eigenvalue weighted by atomic mass is 16.1. The van der Waals surface area contributed by atoms with E-state index in [1.165, 1.54) is 0 Å². The van der Waals surface area contributed by atoms with E-state index in [0.29, 0.717) is 17.0 Å². The lowest BCUT2D eigenvalue weighted by Crippen LogP contribution is -2.25. The van der Waals surface area contributed by atoms with Gasteiger partial charge in [-0.15, -0.1) is 0 Å². The van der Waals surface area contributed by atoms with Gasteiger partial charge in [-0.25, -0.2) is 5.43 Å². The summed E-state index contributed by atoms with van der Waals surface area (Å²) in [4.78, 5) is 16.0. The zero-order valence-electron chi connectivity index (χ0n) is 12.5. The maximum absolute atomic E-state index is 11.8. The van der Waals surface area contributed by atoms with Gasteiger partial charge in [0.25, 0.3) is 5.91 Å². The minimum atomic E-state index is -0.485. The van der Waals surface area contributed by atoms with Gasteiger partial charge in [-0.05, 0) is 12.5 Å². The van der Waals surface area contributed by atoms with Crippen molar-refractivity contribution in [2.45, 2.75) is 13.0 Å². The summed E-state index contributed by atoms with van der Waals surface area (Å²) >= 11 is 0. The number of aromatic nitrogens is 2. The van der Waals surface area contributed by atoms with E-state index in [1.807, 2.05) is 36.7 Å². The maximum atomic E-state index is 11.8. The number of rotatable bonds is 3. The molecule has 2 aliphatic rings. The summed E-state index contributed by atoms with van der Waals surface area (Å²) in [7, 11) is 0. The van der Waals surface area contributed by atoms with Crippen molar-refractivity contribution >= 4 is 12.1 Å². The average Bonchev–Trinajstić information content (AvgIpc) is 3.21. The smallest absolute Gasteiger partial charge is 0.252 e. The van der Waals surface area contributed by atoms with Crippen molar-refractivity contribution in [3.63, 3.8) is 0 Å². The van der Waals surface area contributed by atoms with Crippen LogP contribution in [0.1, 0.15) is 27.7 Å². The van der Waals surface area contributed by atoms with Gasteiger partial charge in [-0.1, -0.05) is 24.3 Å². The summed E-state index contributed by atoms with van der Waals surface area (Å²) in [5.41, 5.74) is 16.6. The van der Waals surface area contributed by atoms with Crippen LogP contribution in [0.3, 0.4) is 0 Å². The Balaban J connectivity index is 1.84.